The second kappa shape index (κ2) is 7.23. The monoisotopic (exact) mass is 302 g/mol. The van der Waals surface area contributed by atoms with Crippen molar-refractivity contribution in [2.24, 2.45) is 0 Å². The fraction of sp³-hybridized carbons (Fsp3) is 1.00. The summed E-state index contributed by atoms with van der Waals surface area (Å²) >= 11 is 0. The summed E-state index contributed by atoms with van der Waals surface area (Å²) in [6.45, 7) is 5.57. The first-order valence-electron chi connectivity index (χ1n) is 8.17. The van der Waals surface area contributed by atoms with Crippen LogP contribution in [0.15, 0.2) is 0 Å². The molecule has 2 rings (SSSR count). The number of nitrogens with zero attached hydrogens (tertiary/aromatic N) is 1. The molecule has 1 aliphatic carbocycles. The first-order valence-corrected chi connectivity index (χ1v) is 10.1. The Kier molecular flexibility index (Phi) is 5.87. The summed E-state index contributed by atoms with van der Waals surface area (Å²) in [6, 6.07) is 1.16. The van der Waals surface area contributed by atoms with Crippen molar-refractivity contribution in [3.05, 3.63) is 0 Å². The van der Waals surface area contributed by atoms with Crippen LogP contribution in [0.25, 0.3) is 0 Å². The SMILES string of the molecule is CCCNC1CCN(C2CCCC(S(C)(=O)=O)C2)CC1. The number of nitrogens with one attached hydrogen (secondary N) is 1. The molecule has 0 aromatic heterocycles. The molecule has 1 saturated carbocycles. The Labute approximate surface area is 124 Å². The van der Waals surface area contributed by atoms with Crippen molar-refractivity contribution in [3.63, 3.8) is 0 Å². The molecule has 4 nitrogen and oxygen atoms in total. The molecule has 2 fully saturated rings. The highest BCUT2D eigenvalue weighted by atomic mass is 32.2. The molecule has 2 aliphatic rings. The van der Waals surface area contributed by atoms with Crippen molar-refractivity contribution in [3.8, 4) is 0 Å². The maximum atomic E-state index is 11.8. The Hall–Kier alpha value is -0.130. The molecule has 118 valence electrons. The van der Waals surface area contributed by atoms with Gasteiger partial charge in [-0.05, 0) is 58.2 Å². The van der Waals surface area contributed by atoms with Crippen LogP contribution in [-0.4, -0.2) is 56.5 Å². The normalized spacial score (nSPS) is 30.5. The van der Waals surface area contributed by atoms with E-state index in [4.69, 9.17) is 0 Å². The molecule has 1 saturated heterocycles. The van der Waals surface area contributed by atoms with Crippen LogP contribution in [0, 0.1) is 0 Å². The lowest BCUT2D eigenvalue weighted by molar-refractivity contribution is 0.117. The van der Waals surface area contributed by atoms with Crippen LogP contribution in [0.4, 0.5) is 0 Å². The van der Waals surface area contributed by atoms with Gasteiger partial charge in [0.25, 0.3) is 0 Å². The molecule has 2 atom stereocenters. The first kappa shape index (κ1) is 16.2. The van der Waals surface area contributed by atoms with Crippen molar-refractivity contribution >= 4 is 9.84 Å². The minimum Gasteiger partial charge on any atom is -0.314 e. The average Bonchev–Trinajstić information content (AvgIpc) is 2.45. The zero-order chi connectivity index (χ0) is 14.6. The van der Waals surface area contributed by atoms with Gasteiger partial charge in [0.15, 0.2) is 0 Å². The van der Waals surface area contributed by atoms with E-state index in [2.05, 4.69) is 17.1 Å². The molecule has 0 aromatic carbocycles. The van der Waals surface area contributed by atoms with E-state index in [-0.39, 0.29) is 5.25 Å². The maximum Gasteiger partial charge on any atom is 0.150 e. The molecule has 0 amide bonds. The summed E-state index contributed by atoms with van der Waals surface area (Å²) in [7, 11) is -2.86. The molecular weight excluding hydrogens is 272 g/mol. The van der Waals surface area contributed by atoms with Gasteiger partial charge in [-0.1, -0.05) is 13.3 Å². The van der Waals surface area contributed by atoms with Crippen molar-refractivity contribution in [1.29, 1.82) is 0 Å². The van der Waals surface area contributed by atoms with Crippen LogP contribution in [0.5, 0.6) is 0 Å². The third-order valence-electron chi connectivity index (χ3n) is 4.93. The van der Waals surface area contributed by atoms with E-state index in [1.54, 1.807) is 0 Å². The second-order valence-electron chi connectivity index (χ2n) is 6.54. The number of piperidine rings is 1. The van der Waals surface area contributed by atoms with E-state index in [1.165, 1.54) is 31.9 Å². The molecule has 0 bridgehead atoms. The molecule has 0 aromatic rings. The highest BCUT2D eigenvalue weighted by Gasteiger charge is 2.33. The first-order chi connectivity index (χ1) is 9.50. The number of likely N-dealkylation sites (tertiary alicyclic amines) is 1. The largest absolute Gasteiger partial charge is 0.314 e. The fourth-order valence-electron chi connectivity index (χ4n) is 3.66. The molecule has 1 aliphatic heterocycles. The second-order valence-corrected chi connectivity index (χ2v) is 8.86. The van der Waals surface area contributed by atoms with Crippen molar-refractivity contribution in [1.82, 2.24) is 10.2 Å². The lowest BCUT2D eigenvalue weighted by Gasteiger charge is -2.41. The zero-order valence-electron chi connectivity index (χ0n) is 13.0. The van der Waals surface area contributed by atoms with E-state index in [1.807, 2.05) is 0 Å². The van der Waals surface area contributed by atoms with Gasteiger partial charge in [0.1, 0.15) is 9.84 Å². The van der Waals surface area contributed by atoms with Crippen LogP contribution in [0.2, 0.25) is 0 Å². The van der Waals surface area contributed by atoms with Gasteiger partial charge in [-0.15, -0.1) is 0 Å². The quantitative estimate of drug-likeness (QED) is 0.841. The summed E-state index contributed by atoms with van der Waals surface area (Å²) in [6.07, 6.45) is 8.98. The molecule has 1 N–H and O–H groups in total. The average molecular weight is 302 g/mol. The number of sulfone groups is 1. The zero-order valence-corrected chi connectivity index (χ0v) is 13.8. The van der Waals surface area contributed by atoms with Gasteiger partial charge in [-0.2, -0.15) is 0 Å². The maximum absolute atomic E-state index is 11.8. The third kappa shape index (κ3) is 4.43. The van der Waals surface area contributed by atoms with E-state index in [9.17, 15) is 8.42 Å². The van der Waals surface area contributed by atoms with E-state index < -0.39 is 9.84 Å². The topological polar surface area (TPSA) is 49.4 Å². The lowest BCUT2D eigenvalue weighted by atomic mass is 9.91. The van der Waals surface area contributed by atoms with Gasteiger partial charge in [0.2, 0.25) is 0 Å². The molecule has 0 radical (unpaired) electrons. The Balaban J connectivity index is 1.81. The fourth-order valence-corrected chi connectivity index (χ4v) is 4.82. The Morgan fingerprint density at radius 3 is 2.45 bits per heavy atom. The predicted octanol–water partition coefficient (Wildman–Crippen LogP) is 1.81. The third-order valence-corrected chi connectivity index (χ3v) is 6.57. The molecule has 0 spiro atoms. The lowest BCUT2D eigenvalue weighted by Crippen LogP contribution is -2.49. The predicted molar refractivity (Wildman–Crippen MR) is 83.8 cm³/mol. The minimum atomic E-state index is -2.86. The summed E-state index contributed by atoms with van der Waals surface area (Å²) in [5, 5.41) is 3.51. The highest BCUT2D eigenvalue weighted by Crippen LogP contribution is 2.29. The summed E-state index contributed by atoms with van der Waals surface area (Å²) in [4.78, 5) is 2.54. The van der Waals surface area contributed by atoms with E-state index >= 15 is 0 Å². The summed E-state index contributed by atoms with van der Waals surface area (Å²) < 4.78 is 23.5. The standard InChI is InChI=1S/C15H30N2O2S/c1-3-9-16-13-7-10-17(11-8-13)14-5-4-6-15(12-14)20(2,18)19/h13-16H,3-12H2,1-2H3. The van der Waals surface area contributed by atoms with Crippen molar-refractivity contribution in [2.45, 2.75) is 69.2 Å². The van der Waals surface area contributed by atoms with E-state index in [0.29, 0.717) is 12.1 Å². The van der Waals surface area contributed by atoms with Gasteiger partial charge >= 0.3 is 0 Å². The summed E-state index contributed by atoms with van der Waals surface area (Å²) in [5.74, 6) is 0. The number of rotatable bonds is 5. The molecule has 2 unspecified atom stereocenters. The molecule has 5 heteroatoms. The summed E-state index contributed by atoms with van der Waals surface area (Å²) in [5.41, 5.74) is 0. The van der Waals surface area contributed by atoms with E-state index in [0.717, 1.165) is 38.9 Å². The highest BCUT2D eigenvalue weighted by molar-refractivity contribution is 7.91. The Bertz CT molecular complexity index is 389. The van der Waals surface area contributed by atoms with Gasteiger partial charge in [0, 0.05) is 18.3 Å². The molecule has 1 heterocycles. The van der Waals surface area contributed by atoms with Crippen LogP contribution in [0.1, 0.15) is 51.9 Å². The van der Waals surface area contributed by atoms with Crippen LogP contribution in [-0.2, 0) is 9.84 Å². The smallest absolute Gasteiger partial charge is 0.150 e. The van der Waals surface area contributed by atoms with Gasteiger partial charge in [-0.3, -0.25) is 0 Å². The van der Waals surface area contributed by atoms with Crippen LogP contribution >= 0.6 is 0 Å². The molecule has 20 heavy (non-hydrogen) atoms. The van der Waals surface area contributed by atoms with Crippen molar-refractivity contribution < 1.29 is 8.42 Å². The van der Waals surface area contributed by atoms with Gasteiger partial charge in [0.05, 0.1) is 5.25 Å². The number of hydrogen-bond acceptors (Lipinski definition) is 4. The number of hydrogen-bond donors (Lipinski definition) is 1. The Morgan fingerprint density at radius 1 is 1.15 bits per heavy atom. The molecular formula is C15H30N2O2S. The van der Waals surface area contributed by atoms with Crippen LogP contribution in [0.3, 0.4) is 0 Å². The van der Waals surface area contributed by atoms with Crippen LogP contribution < -0.4 is 5.32 Å². The van der Waals surface area contributed by atoms with Gasteiger partial charge < -0.3 is 10.2 Å². The van der Waals surface area contributed by atoms with Crippen molar-refractivity contribution in [2.75, 3.05) is 25.9 Å². The Morgan fingerprint density at radius 2 is 1.85 bits per heavy atom. The minimum absolute atomic E-state index is 0.0998. The van der Waals surface area contributed by atoms with Gasteiger partial charge in [-0.25, -0.2) is 8.42 Å².